The van der Waals surface area contributed by atoms with Crippen molar-refractivity contribution in [2.24, 2.45) is 0 Å². The molecule has 2 aromatic carbocycles. The first kappa shape index (κ1) is 14.3. The molecular formula is C19H23NO. The molecule has 3 rings (SSSR count). The molecule has 1 aliphatic carbocycles. The molecule has 0 aromatic heterocycles. The molecule has 1 saturated carbocycles. The quantitative estimate of drug-likeness (QED) is 0.905. The van der Waals surface area contributed by atoms with Crippen LogP contribution in [0.4, 0.5) is 0 Å². The Morgan fingerprint density at radius 2 is 1.33 bits per heavy atom. The van der Waals surface area contributed by atoms with Crippen LogP contribution in [0.3, 0.4) is 0 Å². The standard InChI is InChI=1S/C19H23NO/c21-19-12-11-18(13-19)20(14-16-7-3-1-4-8-16)15-17-9-5-2-6-10-17/h1-10,18-19,21H,11-15H2/t18-,19-/m1/s1. The van der Waals surface area contributed by atoms with Gasteiger partial charge in [-0.2, -0.15) is 0 Å². The van der Waals surface area contributed by atoms with Gasteiger partial charge in [0, 0.05) is 19.1 Å². The molecule has 0 heterocycles. The van der Waals surface area contributed by atoms with E-state index < -0.39 is 0 Å². The number of aliphatic hydroxyl groups is 1. The van der Waals surface area contributed by atoms with Crippen molar-refractivity contribution < 1.29 is 5.11 Å². The van der Waals surface area contributed by atoms with E-state index in [0.717, 1.165) is 32.4 Å². The third-order valence-electron chi connectivity index (χ3n) is 4.35. The van der Waals surface area contributed by atoms with Crippen LogP contribution in [-0.4, -0.2) is 22.2 Å². The highest BCUT2D eigenvalue weighted by Gasteiger charge is 2.28. The summed E-state index contributed by atoms with van der Waals surface area (Å²) in [5, 5.41) is 9.85. The Hall–Kier alpha value is -1.64. The summed E-state index contributed by atoms with van der Waals surface area (Å²) in [6.07, 6.45) is 2.81. The molecular weight excluding hydrogens is 258 g/mol. The van der Waals surface area contributed by atoms with E-state index in [1.54, 1.807) is 0 Å². The Morgan fingerprint density at radius 3 is 1.76 bits per heavy atom. The van der Waals surface area contributed by atoms with Crippen molar-refractivity contribution in [1.82, 2.24) is 4.90 Å². The number of hydrogen-bond acceptors (Lipinski definition) is 2. The van der Waals surface area contributed by atoms with E-state index in [4.69, 9.17) is 0 Å². The number of rotatable bonds is 5. The van der Waals surface area contributed by atoms with Crippen molar-refractivity contribution in [3.8, 4) is 0 Å². The van der Waals surface area contributed by atoms with Crippen molar-refractivity contribution in [3.05, 3.63) is 71.8 Å². The Balaban J connectivity index is 1.74. The molecule has 2 aromatic rings. The monoisotopic (exact) mass is 281 g/mol. The van der Waals surface area contributed by atoms with Gasteiger partial charge in [0.15, 0.2) is 0 Å². The van der Waals surface area contributed by atoms with Gasteiger partial charge in [-0.3, -0.25) is 4.90 Å². The van der Waals surface area contributed by atoms with Crippen molar-refractivity contribution in [3.63, 3.8) is 0 Å². The zero-order chi connectivity index (χ0) is 14.5. The van der Waals surface area contributed by atoms with E-state index in [-0.39, 0.29) is 6.10 Å². The minimum Gasteiger partial charge on any atom is -0.393 e. The van der Waals surface area contributed by atoms with Crippen LogP contribution in [0.5, 0.6) is 0 Å². The molecule has 1 fully saturated rings. The summed E-state index contributed by atoms with van der Waals surface area (Å²) in [6.45, 7) is 1.90. The third-order valence-corrected chi connectivity index (χ3v) is 4.35. The Kier molecular flexibility index (Phi) is 4.69. The molecule has 1 aliphatic rings. The highest BCUT2D eigenvalue weighted by Crippen LogP contribution is 2.27. The Morgan fingerprint density at radius 1 is 0.810 bits per heavy atom. The second-order valence-corrected chi connectivity index (χ2v) is 6.00. The maximum absolute atomic E-state index is 9.85. The molecule has 2 atom stereocenters. The van der Waals surface area contributed by atoms with Crippen LogP contribution in [-0.2, 0) is 13.1 Å². The highest BCUT2D eigenvalue weighted by molar-refractivity contribution is 5.17. The maximum Gasteiger partial charge on any atom is 0.0555 e. The van der Waals surface area contributed by atoms with Crippen LogP contribution in [0.15, 0.2) is 60.7 Å². The minimum absolute atomic E-state index is 0.121. The van der Waals surface area contributed by atoms with E-state index in [1.807, 2.05) is 0 Å². The van der Waals surface area contributed by atoms with E-state index in [9.17, 15) is 5.11 Å². The van der Waals surface area contributed by atoms with Crippen LogP contribution >= 0.6 is 0 Å². The molecule has 0 unspecified atom stereocenters. The van der Waals surface area contributed by atoms with Crippen LogP contribution in [0.25, 0.3) is 0 Å². The Bertz CT molecular complexity index is 499. The number of hydrogen-bond donors (Lipinski definition) is 1. The number of nitrogens with zero attached hydrogens (tertiary/aromatic N) is 1. The summed E-state index contributed by atoms with van der Waals surface area (Å²) in [4.78, 5) is 2.51. The fourth-order valence-electron chi connectivity index (χ4n) is 3.22. The summed E-state index contributed by atoms with van der Waals surface area (Å²) < 4.78 is 0. The molecule has 110 valence electrons. The third kappa shape index (κ3) is 3.93. The average molecular weight is 281 g/mol. The zero-order valence-electron chi connectivity index (χ0n) is 12.4. The van der Waals surface area contributed by atoms with Gasteiger partial charge in [0.2, 0.25) is 0 Å². The van der Waals surface area contributed by atoms with Crippen LogP contribution in [0.2, 0.25) is 0 Å². The molecule has 1 N–H and O–H groups in total. The fraction of sp³-hybridized carbons (Fsp3) is 0.368. The summed E-state index contributed by atoms with van der Waals surface area (Å²) in [7, 11) is 0. The van der Waals surface area contributed by atoms with Crippen molar-refractivity contribution in [2.45, 2.75) is 44.5 Å². The zero-order valence-corrected chi connectivity index (χ0v) is 12.4. The van der Waals surface area contributed by atoms with Gasteiger partial charge in [-0.15, -0.1) is 0 Å². The van der Waals surface area contributed by atoms with Gasteiger partial charge in [0.25, 0.3) is 0 Å². The lowest BCUT2D eigenvalue weighted by Crippen LogP contribution is -2.33. The average Bonchev–Trinajstić information content (AvgIpc) is 2.95. The van der Waals surface area contributed by atoms with Gasteiger partial charge in [-0.1, -0.05) is 60.7 Å². The molecule has 0 aliphatic heterocycles. The molecule has 0 bridgehead atoms. The summed E-state index contributed by atoms with van der Waals surface area (Å²) in [5.74, 6) is 0. The van der Waals surface area contributed by atoms with E-state index in [1.165, 1.54) is 11.1 Å². The lowest BCUT2D eigenvalue weighted by molar-refractivity contribution is 0.142. The van der Waals surface area contributed by atoms with Crippen molar-refractivity contribution in [2.75, 3.05) is 0 Å². The van der Waals surface area contributed by atoms with Gasteiger partial charge in [-0.25, -0.2) is 0 Å². The largest absolute Gasteiger partial charge is 0.393 e. The van der Waals surface area contributed by atoms with E-state index in [2.05, 4.69) is 65.6 Å². The van der Waals surface area contributed by atoms with Gasteiger partial charge in [-0.05, 0) is 30.4 Å². The normalized spacial score (nSPS) is 21.8. The van der Waals surface area contributed by atoms with Gasteiger partial charge in [0.1, 0.15) is 0 Å². The van der Waals surface area contributed by atoms with Crippen molar-refractivity contribution in [1.29, 1.82) is 0 Å². The fourth-order valence-corrected chi connectivity index (χ4v) is 3.22. The second kappa shape index (κ2) is 6.88. The smallest absolute Gasteiger partial charge is 0.0555 e. The predicted molar refractivity (Wildman–Crippen MR) is 85.8 cm³/mol. The van der Waals surface area contributed by atoms with Gasteiger partial charge >= 0.3 is 0 Å². The first-order valence-electron chi connectivity index (χ1n) is 7.81. The predicted octanol–water partition coefficient (Wildman–Crippen LogP) is 3.60. The van der Waals surface area contributed by atoms with Crippen molar-refractivity contribution >= 4 is 0 Å². The lowest BCUT2D eigenvalue weighted by Gasteiger charge is -2.29. The molecule has 21 heavy (non-hydrogen) atoms. The SMILES string of the molecule is O[C@@H]1CC[C@@H](N(Cc2ccccc2)Cc2ccccc2)C1. The Labute approximate surface area is 127 Å². The van der Waals surface area contributed by atoms with Gasteiger partial charge < -0.3 is 5.11 Å². The summed E-state index contributed by atoms with van der Waals surface area (Å²) in [5.41, 5.74) is 2.68. The van der Waals surface area contributed by atoms with E-state index in [0.29, 0.717) is 6.04 Å². The topological polar surface area (TPSA) is 23.5 Å². The maximum atomic E-state index is 9.85. The molecule has 0 saturated heterocycles. The first-order valence-corrected chi connectivity index (χ1v) is 7.81. The van der Waals surface area contributed by atoms with Crippen LogP contribution in [0.1, 0.15) is 30.4 Å². The molecule has 2 nitrogen and oxygen atoms in total. The minimum atomic E-state index is -0.121. The van der Waals surface area contributed by atoms with E-state index >= 15 is 0 Å². The first-order chi connectivity index (χ1) is 10.3. The molecule has 2 heteroatoms. The van der Waals surface area contributed by atoms with Gasteiger partial charge in [0.05, 0.1) is 6.10 Å². The molecule has 0 radical (unpaired) electrons. The number of benzene rings is 2. The molecule has 0 amide bonds. The summed E-state index contributed by atoms with van der Waals surface area (Å²) >= 11 is 0. The molecule has 0 spiro atoms. The summed E-state index contributed by atoms with van der Waals surface area (Å²) in [6, 6.07) is 21.7. The highest BCUT2D eigenvalue weighted by atomic mass is 16.3. The number of aliphatic hydroxyl groups excluding tert-OH is 1. The lowest BCUT2D eigenvalue weighted by atomic mass is 10.1. The van der Waals surface area contributed by atoms with Crippen LogP contribution < -0.4 is 0 Å². The van der Waals surface area contributed by atoms with Crippen LogP contribution in [0, 0.1) is 0 Å². The second-order valence-electron chi connectivity index (χ2n) is 6.00.